The number of nitrogens with one attached hydrogen (secondary N) is 1. The molecule has 202 valence electrons. The molecule has 0 atom stereocenters. The van der Waals surface area contributed by atoms with Crippen LogP contribution < -0.4 is 11.1 Å². The smallest absolute Gasteiger partial charge is 0.254 e. The molecular weight excluding hydrogens is 510 g/mol. The molecule has 5 aromatic rings. The number of hydrogen-bond acceptors (Lipinski definition) is 7. The summed E-state index contributed by atoms with van der Waals surface area (Å²) < 4.78 is 15.8. The molecule has 1 saturated heterocycles. The van der Waals surface area contributed by atoms with Gasteiger partial charge in [0.05, 0.1) is 11.2 Å². The fourth-order valence-electron chi connectivity index (χ4n) is 4.98. The molecule has 0 bridgehead atoms. The molecule has 2 aromatic carbocycles. The summed E-state index contributed by atoms with van der Waals surface area (Å²) in [5, 5.41) is 9.40. The number of carbonyl (C=O) groups excluding carboxylic acids is 1. The Bertz CT molecular complexity index is 1620. The van der Waals surface area contributed by atoms with Gasteiger partial charge in [-0.1, -0.05) is 42.5 Å². The van der Waals surface area contributed by atoms with E-state index in [2.05, 4.69) is 40.2 Å². The van der Waals surface area contributed by atoms with E-state index < -0.39 is 10.8 Å². The molecule has 39 heavy (non-hydrogen) atoms. The second-order valence-corrected chi connectivity index (χ2v) is 11.1. The number of benzene rings is 2. The molecule has 0 aliphatic carbocycles. The zero-order valence-corrected chi connectivity index (χ0v) is 23.0. The lowest BCUT2D eigenvalue weighted by atomic mass is 10.1. The van der Waals surface area contributed by atoms with Crippen molar-refractivity contribution in [2.24, 2.45) is 5.73 Å². The van der Waals surface area contributed by atoms with Gasteiger partial charge in [-0.3, -0.25) is 18.5 Å². The Kier molecular flexibility index (Phi) is 8.16. The Balaban J connectivity index is 0.00000151. The van der Waals surface area contributed by atoms with Crippen LogP contribution in [0.25, 0.3) is 22.4 Å². The van der Waals surface area contributed by atoms with Crippen LogP contribution in [0, 0.1) is 6.92 Å². The van der Waals surface area contributed by atoms with E-state index in [0.717, 1.165) is 65.1 Å². The SMILES string of the molecule is CN.Cc1cc2c(C=O)cccc2n1-c1nc(NCc2ccccc2)c2ccc(CN3CCS(=O)CC3)n2n1. The number of hydrogen-bond donors (Lipinski definition) is 2. The molecule has 6 rings (SSSR count). The zero-order valence-electron chi connectivity index (χ0n) is 22.2. The van der Waals surface area contributed by atoms with Crippen molar-refractivity contribution in [1.29, 1.82) is 0 Å². The Labute approximate surface area is 230 Å². The minimum absolute atomic E-state index is 0.538. The minimum atomic E-state index is -0.716. The monoisotopic (exact) mass is 543 g/mol. The third-order valence-electron chi connectivity index (χ3n) is 6.93. The summed E-state index contributed by atoms with van der Waals surface area (Å²) in [5.74, 6) is 2.70. The normalized spacial score (nSPS) is 14.3. The number of nitrogens with two attached hydrogens (primary N) is 1. The van der Waals surface area contributed by atoms with Gasteiger partial charge >= 0.3 is 0 Å². The van der Waals surface area contributed by atoms with Crippen molar-refractivity contribution in [3.63, 3.8) is 0 Å². The number of nitrogens with zero attached hydrogens (tertiary/aromatic N) is 5. The van der Waals surface area contributed by atoms with Gasteiger partial charge in [-0.25, -0.2) is 4.52 Å². The highest BCUT2D eigenvalue weighted by molar-refractivity contribution is 7.85. The molecule has 0 unspecified atom stereocenters. The van der Waals surface area contributed by atoms with Crippen LogP contribution in [0.15, 0.2) is 66.7 Å². The summed E-state index contributed by atoms with van der Waals surface area (Å²) in [6, 6.07) is 22.1. The Morgan fingerprint density at radius 1 is 1.00 bits per heavy atom. The summed E-state index contributed by atoms with van der Waals surface area (Å²) in [5.41, 5.74) is 10.1. The molecule has 1 aliphatic rings. The highest BCUT2D eigenvalue weighted by Crippen LogP contribution is 2.27. The van der Waals surface area contributed by atoms with Gasteiger partial charge < -0.3 is 11.1 Å². The van der Waals surface area contributed by atoms with Crippen molar-refractivity contribution < 1.29 is 9.00 Å². The highest BCUT2D eigenvalue weighted by atomic mass is 32.2. The third-order valence-corrected chi connectivity index (χ3v) is 8.20. The minimum Gasteiger partial charge on any atom is -0.364 e. The van der Waals surface area contributed by atoms with E-state index in [1.54, 1.807) is 0 Å². The summed E-state index contributed by atoms with van der Waals surface area (Å²) in [6.07, 6.45) is 0.888. The zero-order chi connectivity index (χ0) is 27.4. The summed E-state index contributed by atoms with van der Waals surface area (Å²) in [6.45, 7) is 4.98. The number of rotatable bonds is 7. The predicted octanol–water partition coefficient (Wildman–Crippen LogP) is 3.55. The lowest BCUT2D eigenvalue weighted by molar-refractivity contribution is 0.112. The quantitative estimate of drug-likeness (QED) is 0.302. The van der Waals surface area contributed by atoms with Crippen molar-refractivity contribution in [2.45, 2.75) is 20.0 Å². The van der Waals surface area contributed by atoms with E-state index in [0.29, 0.717) is 29.6 Å². The molecule has 4 heterocycles. The maximum absolute atomic E-state index is 11.8. The van der Waals surface area contributed by atoms with Crippen LogP contribution in [0.4, 0.5) is 5.82 Å². The summed E-state index contributed by atoms with van der Waals surface area (Å²) in [7, 11) is 0.784. The first-order chi connectivity index (χ1) is 19.1. The van der Waals surface area contributed by atoms with Crippen molar-refractivity contribution in [2.75, 3.05) is 37.0 Å². The van der Waals surface area contributed by atoms with E-state index in [9.17, 15) is 9.00 Å². The number of aromatic nitrogens is 4. The van der Waals surface area contributed by atoms with Crippen LogP contribution in [-0.4, -0.2) is 66.2 Å². The van der Waals surface area contributed by atoms with E-state index in [1.807, 2.05) is 58.5 Å². The van der Waals surface area contributed by atoms with Crippen molar-refractivity contribution in [3.8, 4) is 5.95 Å². The summed E-state index contributed by atoms with van der Waals surface area (Å²) in [4.78, 5) is 19.0. The first kappa shape index (κ1) is 26.7. The van der Waals surface area contributed by atoms with E-state index in [1.165, 1.54) is 7.05 Å². The van der Waals surface area contributed by atoms with Gasteiger partial charge in [-0.2, -0.15) is 4.98 Å². The number of fused-ring (bicyclic) bond motifs is 2. The van der Waals surface area contributed by atoms with E-state index in [-0.39, 0.29) is 0 Å². The molecule has 1 aliphatic heterocycles. The summed E-state index contributed by atoms with van der Waals surface area (Å²) >= 11 is 0. The molecule has 0 saturated carbocycles. The van der Waals surface area contributed by atoms with Gasteiger partial charge in [-0.15, -0.1) is 5.10 Å². The lowest BCUT2D eigenvalue weighted by Crippen LogP contribution is -2.37. The van der Waals surface area contributed by atoms with Gasteiger partial charge in [0.1, 0.15) is 5.52 Å². The van der Waals surface area contributed by atoms with Crippen LogP contribution in [0.1, 0.15) is 27.3 Å². The van der Waals surface area contributed by atoms with Crippen molar-refractivity contribution >= 4 is 39.3 Å². The van der Waals surface area contributed by atoms with Crippen LogP contribution in [-0.2, 0) is 23.9 Å². The Morgan fingerprint density at radius 3 is 2.51 bits per heavy atom. The molecular formula is C29H33N7O2S. The van der Waals surface area contributed by atoms with Crippen molar-refractivity contribution in [1.82, 2.24) is 24.1 Å². The molecule has 1 fully saturated rings. The van der Waals surface area contributed by atoms with Crippen LogP contribution in [0.2, 0.25) is 0 Å². The number of aryl methyl sites for hydroxylation is 1. The first-order valence-corrected chi connectivity index (χ1v) is 14.5. The second-order valence-electron chi connectivity index (χ2n) is 9.36. The van der Waals surface area contributed by atoms with Gasteiger partial charge in [0.25, 0.3) is 5.95 Å². The molecule has 9 nitrogen and oxygen atoms in total. The van der Waals surface area contributed by atoms with Crippen LogP contribution in [0.5, 0.6) is 0 Å². The lowest BCUT2D eigenvalue weighted by Gasteiger charge is -2.25. The van der Waals surface area contributed by atoms with Gasteiger partial charge in [0.15, 0.2) is 12.1 Å². The molecule has 0 amide bonds. The molecule has 10 heteroatoms. The van der Waals surface area contributed by atoms with Crippen LogP contribution >= 0.6 is 0 Å². The molecule has 3 N–H and O–H groups in total. The maximum atomic E-state index is 11.8. The second kappa shape index (κ2) is 11.9. The topological polar surface area (TPSA) is 111 Å². The predicted molar refractivity (Wildman–Crippen MR) is 157 cm³/mol. The van der Waals surface area contributed by atoms with Crippen LogP contribution in [0.3, 0.4) is 0 Å². The standard InChI is InChI=1S/C28H28N6O2S.CH5N/c1-20-16-24-22(19-35)8-5-9-25(24)33(20)28-30-27(29-17-21-6-3-2-4-7-21)26-11-10-23(34(26)31-28)18-32-12-14-37(36)15-13-32;1-2/h2-11,16,19H,12-15,17-18H2,1H3,(H,29,30,31);2H2,1H3. The average molecular weight is 544 g/mol. The Morgan fingerprint density at radius 2 is 1.77 bits per heavy atom. The number of carbonyl (C=O) groups is 1. The number of aldehydes is 1. The molecule has 0 spiro atoms. The van der Waals surface area contributed by atoms with E-state index >= 15 is 0 Å². The van der Waals surface area contributed by atoms with Gasteiger partial charge in [-0.05, 0) is 43.8 Å². The largest absolute Gasteiger partial charge is 0.364 e. The Hall–Kier alpha value is -3.86. The molecule has 0 radical (unpaired) electrons. The highest BCUT2D eigenvalue weighted by Gasteiger charge is 2.20. The maximum Gasteiger partial charge on any atom is 0.254 e. The van der Waals surface area contributed by atoms with Gasteiger partial charge in [0, 0.05) is 65.1 Å². The molecule has 3 aromatic heterocycles. The first-order valence-electron chi connectivity index (χ1n) is 13.0. The fourth-order valence-corrected chi connectivity index (χ4v) is 6.11. The average Bonchev–Trinajstić information content (AvgIpc) is 3.54. The van der Waals surface area contributed by atoms with E-state index in [4.69, 9.17) is 10.1 Å². The fraction of sp³-hybridized carbons (Fsp3) is 0.276. The number of anilines is 1. The van der Waals surface area contributed by atoms with Gasteiger partial charge in [0.2, 0.25) is 0 Å². The van der Waals surface area contributed by atoms with Crippen molar-refractivity contribution in [3.05, 3.63) is 89.2 Å². The third kappa shape index (κ3) is 5.49.